The third kappa shape index (κ3) is 4.28. The number of esters is 1. The zero-order valence-corrected chi connectivity index (χ0v) is 12.1. The summed E-state index contributed by atoms with van der Waals surface area (Å²) in [5, 5.41) is 14.3. The first-order valence-corrected chi connectivity index (χ1v) is 7.17. The number of carboxylic acid groups (broad SMARTS) is 1. The Kier molecular flexibility index (Phi) is 4.89. The van der Waals surface area contributed by atoms with E-state index in [0.717, 1.165) is 5.69 Å². The van der Waals surface area contributed by atoms with Gasteiger partial charge in [0, 0.05) is 11.1 Å². The van der Waals surface area contributed by atoms with E-state index in [-0.39, 0.29) is 18.0 Å². The van der Waals surface area contributed by atoms with Gasteiger partial charge in [-0.3, -0.25) is 4.79 Å². The highest BCUT2D eigenvalue weighted by molar-refractivity contribution is 7.13. The van der Waals surface area contributed by atoms with Crippen LogP contribution in [0.3, 0.4) is 0 Å². The first kappa shape index (κ1) is 15.0. The molecule has 0 aliphatic rings. The molecule has 21 heavy (non-hydrogen) atoms. The van der Waals surface area contributed by atoms with Crippen LogP contribution < -0.4 is 5.32 Å². The predicted octanol–water partition coefficient (Wildman–Crippen LogP) is 2.69. The van der Waals surface area contributed by atoms with Crippen molar-refractivity contribution in [2.75, 3.05) is 11.9 Å². The number of anilines is 2. The fourth-order valence-corrected chi connectivity index (χ4v) is 2.36. The van der Waals surface area contributed by atoms with E-state index in [1.165, 1.54) is 23.5 Å². The summed E-state index contributed by atoms with van der Waals surface area (Å²) in [4.78, 5) is 26.4. The lowest BCUT2D eigenvalue weighted by Gasteiger charge is -2.02. The van der Waals surface area contributed by atoms with E-state index in [1.54, 1.807) is 24.4 Å². The summed E-state index contributed by atoms with van der Waals surface area (Å²) in [5.74, 6) is -1.27. The van der Waals surface area contributed by atoms with E-state index in [2.05, 4.69) is 10.3 Å². The van der Waals surface area contributed by atoms with Crippen molar-refractivity contribution in [3.63, 3.8) is 0 Å². The Morgan fingerprint density at radius 3 is 2.67 bits per heavy atom. The second kappa shape index (κ2) is 6.85. The Morgan fingerprint density at radius 1 is 1.33 bits per heavy atom. The molecule has 2 aromatic rings. The molecule has 0 bridgehead atoms. The molecule has 0 radical (unpaired) electrons. The summed E-state index contributed by atoms with van der Waals surface area (Å²) >= 11 is 1.37. The van der Waals surface area contributed by atoms with Gasteiger partial charge in [0.1, 0.15) is 0 Å². The lowest BCUT2D eigenvalue weighted by molar-refractivity contribution is -0.142. The summed E-state index contributed by atoms with van der Waals surface area (Å²) < 4.78 is 4.86. The molecule has 0 aliphatic heterocycles. The highest BCUT2D eigenvalue weighted by atomic mass is 32.1. The lowest BCUT2D eigenvalue weighted by atomic mass is 10.2. The number of nitrogens with zero attached hydrogens (tertiary/aromatic N) is 1. The largest absolute Gasteiger partial charge is 0.478 e. The summed E-state index contributed by atoms with van der Waals surface area (Å²) in [6.45, 7) is 2.11. The summed E-state index contributed by atoms with van der Waals surface area (Å²) in [7, 11) is 0. The number of rotatable bonds is 6. The number of benzene rings is 1. The normalized spacial score (nSPS) is 10.1. The Bertz CT molecular complexity index is 637. The molecule has 0 saturated heterocycles. The van der Waals surface area contributed by atoms with E-state index >= 15 is 0 Å². The third-order valence-corrected chi connectivity index (χ3v) is 3.37. The molecule has 7 heteroatoms. The average Bonchev–Trinajstić information content (AvgIpc) is 2.86. The second-order valence-electron chi connectivity index (χ2n) is 4.13. The van der Waals surface area contributed by atoms with E-state index in [0.29, 0.717) is 17.4 Å². The zero-order valence-electron chi connectivity index (χ0n) is 11.3. The Balaban J connectivity index is 1.98. The number of aromatic carboxylic acids is 1. The second-order valence-corrected chi connectivity index (χ2v) is 4.99. The minimum atomic E-state index is -0.965. The monoisotopic (exact) mass is 306 g/mol. The predicted molar refractivity (Wildman–Crippen MR) is 79.1 cm³/mol. The summed E-state index contributed by atoms with van der Waals surface area (Å²) in [6.07, 6.45) is 0.143. The molecule has 0 atom stereocenters. The number of nitrogens with one attached hydrogen (secondary N) is 1. The van der Waals surface area contributed by atoms with Crippen molar-refractivity contribution in [3.05, 3.63) is 40.9 Å². The van der Waals surface area contributed by atoms with Crippen LogP contribution in [-0.4, -0.2) is 28.6 Å². The quantitative estimate of drug-likeness (QED) is 0.798. The van der Waals surface area contributed by atoms with E-state index in [1.807, 2.05) is 0 Å². The van der Waals surface area contributed by atoms with Gasteiger partial charge in [0.25, 0.3) is 0 Å². The molecular weight excluding hydrogens is 292 g/mol. The van der Waals surface area contributed by atoms with Crippen molar-refractivity contribution >= 4 is 34.1 Å². The number of ether oxygens (including phenoxy) is 1. The Morgan fingerprint density at radius 2 is 2.05 bits per heavy atom. The number of aromatic nitrogens is 1. The van der Waals surface area contributed by atoms with Gasteiger partial charge >= 0.3 is 11.9 Å². The SMILES string of the molecule is CCOC(=O)Cc1csc(Nc2ccc(C(=O)O)cc2)n1. The van der Waals surface area contributed by atoms with Crippen LogP contribution in [0.2, 0.25) is 0 Å². The zero-order chi connectivity index (χ0) is 15.2. The fraction of sp³-hybridized carbons (Fsp3) is 0.214. The Labute approximate surface area is 125 Å². The van der Waals surface area contributed by atoms with Crippen LogP contribution in [0.5, 0.6) is 0 Å². The average molecular weight is 306 g/mol. The molecular formula is C14H14N2O4S. The van der Waals surface area contributed by atoms with Gasteiger partial charge in [-0.2, -0.15) is 0 Å². The molecule has 2 N–H and O–H groups in total. The van der Waals surface area contributed by atoms with Crippen LogP contribution in [0.4, 0.5) is 10.8 Å². The first-order valence-electron chi connectivity index (χ1n) is 6.29. The maximum absolute atomic E-state index is 11.3. The van der Waals surface area contributed by atoms with Gasteiger partial charge in [0.05, 0.1) is 24.3 Å². The van der Waals surface area contributed by atoms with Crippen LogP contribution in [-0.2, 0) is 16.0 Å². The molecule has 0 aliphatic carbocycles. The number of carboxylic acids is 1. The van der Waals surface area contributed by atoms with Gasteiger partial charge < -0.3 is 15.2 Å². The summed E-state index contributed by atoms with van der Waals surface area (Å²) in [5.41, 5.74) is 1.60. The van der Waals surface area contributed by atoms with Crippen molar-refractivity contribution in [3.8, 4) is 0 Å². The van der Waals surface area contributed by atoms with Crippen LogP contribution >= 0.6 is 11.3 Å². The molecule has 1 aromatic heterocycles. The highest BCUT2D eigenvalue weighted by Crippen LogP contribution is 2.21. The van der Waals surface area contributed by atoms with Crippen molar-refractivity contribution in [2.24, 2.45) is 0 Å². The molecule has 6 nitrogen and oxygen atoms in total. The molecule has 0 spiro atoms. The van der Waals surface area contributed by atoms with Gasteiger partial charge in [-0.05, 0) is 31.2 Å². The Hall–Kier alpha value is -2.41. The fourth-order valence-electron chi connectivity index (χ4n) is 1.63. The van der Waals surface area contributed by atoms with Crippen molar-refractivity contribution in [1.29, 1.82) is 0 Å². The topological polar surface area (TPSA) is 88.5 Å². The van der Waals surface area contributed by atoms with E-state index in [4.69, 9.17) is 9.84 Å². The number of thiazole rings is 1. The molecule has 0 amide bonds. The van der Waals surface area contributed by atoms with E-state index < -0.39 is 5.97 Å². The van der Waals surface area contributed by atoms with Crippen molar-refractivity contribution < 1.29 is 19.4 Å². The van der Waals surface area contributed by atoms with Crippen LogP contribution in [0.25, 0.3) is 0 Å². The van der Waals surface area contributed by atoms with Crippen LogP contribution in [0.1, 0.15) is 23.0 Å². The number of carbonyl (C=O) groups excluding carboxylic acids is 1. The molecule has 1 heterocycles. The smallest absolute Gasteiger partial charge is 0.335 e. The van der Waals surface area contributed by atoms with Crippen LogP contribution in [0, 0.1) is 0 Å². The van der Waals surface area contributed by atoms with Crippen molar-refractivity contribution in [1.82, 2.24) is 4.98 Å². The maximum atomic E-state index is 11.3. The minimum absolute atomic E-state index is 0.143. The molecule has 0 unspecified atom stereocenters. The molecule has 1 aromatic carbocycles. The standard InChI is InChI=1S/C14H14N2O4S/c1-2-20-12(17)7-11-8-21-14(16-11)15-10-5-3-9(4-6-10)13(18)19/h3-6,8H,2,7H2,1H3,(H,15,16)(H,18,19). The highest BCUT2D eigenvalue weighted by Gasteiger charge is 2.09. The van der Waals surface area contributed by atoms with Gasteiger partial charge in [0.2, 0.25) is 0 Å². The van der Waals surface area contributed by atoms with E-state index in [9.17, 15) is 9.59 Å². The molecule has 2 rings (SSSR count). The molecule has 110 valence electrons. The number of hydrogen-bond donors (Lipinski definition) is 2. The first-order chi connectivity index (χ1) is 10.1. The van der Waals surface area contributed by atoms with Crippen LogP contribution in [0.15, 0.2) is 29.6 Å². The maximum Gasteiger partial charge on any atom is 0.335 e. The molecule has 0 saturated carbocycles. The molecule has 0 fully saturated rings. The minimum Gasteiger partial charge on any atom is -0.478 e. The summed E-state index contributed by atoms with van der Waals surface area (Å²) in [6, 6.07) is 6.35. The van der Waals surface area contributed by atoms with Gasteiger partial charge in [0.15, 0.2) is 5.13 Å². The van der Waals surface area contributed by atoms with Gasteiger partial charge in [-0.15, -0.1) is 11.3 Å². The lowest BCUT2D eigenvalue weighted by Crippen LogP contribution is -2.07. The van der Waals surface area contributed by atoms with Crippen molar-refractivity contribution in [2.45, 2.75) is 13.3 Å². The van der Waals surface area contributed by atoms with Gasteiger partial charge in [-0.1, -0.05) is 0 Å². The number of carbonyl (C=O) groups is 2. The number of hydrogen-bond acceptors (Lipinski definition) is 6. The third-order valence-electron chi connectivity index (χ3n) is 2.57. The van der Waals surface area contributed by atoms with Gasteiger partial charge in [-0.25, -0.2) is 9.78 Å².